The standard InChI is InChI=1S/C16H26IN/c1-3-5-6-7-8-16(18-13-4-2)14-9-11-15(17)12-10-14/h9-12,16,18H,3-8,13H2,1-2H3. The molecule has 0 saturated carbocycles. The second-order valence-corrected chi connectivity index (χ2v) is 6.15. The molecule has 1 atom stereocenters. The van der Waals surface area contributed by atoms with Crippen molar-refractivity contribution in [1.29, 1.82) is 0 Å². The lowest BCUT2D eigenvalue weighted by Gasteiger charge is -2.19. The number of hydrogen-bond donors (Lipinski definition) is 1. The van der Waals surface area contributed by atoms with Crippen LogP contribution in [0.4, 0.5) is 0 Å². The average Bonchev–Trinajstić information content (AvgIpc) is 2.39. The summed E-state index contributed by atoms with van der Waals surface area (Å²) in [6.45, 7) is 5.62. The molecular formula is C16H26IN. The smallest absolute Gasteiger partial charge is 0.0320 e. The monoisotopic (exact) mass is 359 g/mol. The Morgan fingerprint density at radius 3 is 2.33 bits per heavy atom. The van der Waals surface area contributed by atoms with Crippen LogP contribution in [0.5, 0.6) is 0 Å². The van der Waals surface area contributed by atoms with Crippen molar-refractivity contribution in [1.82, 2.24) is 5.32 Å². The van der Waals surface area contributed by atoms with Crippen molar-refractivity contribution < 1.29 is 0 Å². The summed E-state index contributed by atoms with van der Waals surface area (Å²) < 4.78 is 1.32. The van der Waals surface area contributed by atoms with E-state index in [1.165, 1.54) is 47.7 Å². The van der Waals surface area contributed by atoms with Gasteiger partial charge in [-0.15, -0.1) is 0 Å². The Morgan fingerprint density at radius 2 is 1.72 bits per heavy atom. The van der Waals surface area contributed by atoms with Crippen LogP contribution in [0.1, 0.15) is 64.0 Å². The molecule has 0 aliphatic heterocycles. The van der Waals surface area contributed by atoms with E-state index in [9.17, 15) is 0 Å². The van der Waals surface area contributed by atoms with Crippen LogP contribution in [0.15, 0.2) is 24.3 Å². The first-order valence-electron chi connectivity index (χ1n) is 7.26. The van der Waals surface area contributed by atoms with Gasteiger partial charge in [0.1, 0.15) is 0 Å². The maximum Gasteiger partial charge on any atom is 0.0320 e. The fourth-order valence-electron chi connectivity index (χ4n) is 2.18. The minimum atomic E-state index is 0.541. The molecule has 1 N–H and O–H groups in total. The Balaban J connectivity index is 2.51. The SMILES string of the molecule is CCCCCCC(NCCC)c1ccc(I)cc1. The summed E-state index contributed by atoms with van der Waals surface area (Å²) >= 11 is 2.37. The average molecular weight is 359 g/mol. The summed E-state index contributed by atoms with van der Waals surface area (Å²) in [5, 5.41) is 3.68. The highest BCUT2D eigenvalue weighted by atomic mass is 127. The molecule has 0 aromatic heterocycles. The lowest BCUT2D eigenvalue weighted by Crippen LogP contribution is -2.22. The van der Waals surface area contributed by atoms with Crippen molar-refractivity contribution in [2.45, 2.75) is 58.4 Å². The van der Waals surface area contributed by atoms with Crippen LogP contribution in [0.2, 0.25) is 0 Å². The predicted octanol–water partition coefficient (Wildman–Crippen LogP) is 5.30. The lowest BCUT2D eigenvalue weighted by molar-refractivity contribution is 0.470. The number of halogens is 1. The zero-order valence-electron chi connectivity index (χ0n) is 11.7. The quantitative estimate of drug-likeness (QED) is 0.466. The summed E-state index contributed by atoms with van der Waals surface area (Å²) in [6.07, 6.45) is 7.85. The normalized spacial score (nSPS) is 12.6. The molecule has 1 aromatic rings. The topological polar surface area (TPSA) is 12.0 Å². The Hall–Kier alpha value is -0.0900. The van der Waals surface area contributed by atoms with Crippen LogP contribution in [-0.2, 0) is 0 Å². The number of rotatable bonds is 9. The van der Waals surface area contributed by atoms with Crippen LogP contribution in [0, 0.1) is 3.57 Å². The second-order valence-electron chi connectivity index (χ2n) is 4.91. The first kappa shape index (κ1) is 16.0. The highest BCUT2D eigenvalue weighted by Gasteiger charge is 2.09. The number of nitrogens with one attached hydrogen (secondary N) is 1. The molecule has 0 radical (unpaired) electrons. The van der Waals surface area contributed by atoms with Gasteiger partial charge in [0.05, 0.1) is 0 Å². The van der Waals surface area contributed by atoms with Crippen molar-refractivity contribution in [2.24, 2.45) is 0 Å². The molecule has 0 heterocycles. The first-order valence-corrected chi connectivity index (χ1v) is 8.34. The van der Waals surface area contributed by atoms with E-state index in [1.54, 1.807) is 0 Å². The van der Waals surface area contributed by atoms with Gasteiger partial charge in [0.15, 0.2) is 0 Å². The molecule has 0 spiro atoms. The van der Waals surface area contributed by atoms with Gasteiger partial charge in [-0.3, -0.25) is 0 Å². The van der Waals surface area contributed by atoms with Gasteiger partial charge in [0.2, 0.25) is 0 Å². The Labute approximate surface area is 126 Å². The van der Waals surface area contributed by atoms with Crippen molar-refractivity contribution in [3.63, 3.8) is 0 Å². The number of benzene rings is 1. The molecule has 1 rings (SSSR count). The van der Waals surface area contributed by atoms with Crippen LogP contribution in [0.25, 0.3) is 0 Å². The third-order valence-corrected chi connectivity index (χ3v) is 3.98. The van der Waals surface area contributed by atoms with E-state index in [0.29, 0.717) is 6.04 Å². The van der Waals surface area contributed by atoms with E-state index in [-0.39, 0.29) is 0 Å². The molecular weight excluding hydrogens is 333 g/mol. The zero-order chi connectivity index (χ0) is 13.2. The Kier molecular flexibility index (Phi) is 8.68. The fraction of sp³-hybridized carbons (Fsp3) is 0.625. The Bertz CT molecular complexity index is 307. The molecule has 0 aliphatic rings. The maximum absolute atomic E-state index is 3.68. The zero-order valence-corrected chi connectivity index (χ0v) is 13.9. The van der Waals surface area contributed by atoms with Gasteiger partial charge in [0.25, 0.3) is 0 Å². The first-order chi connectivity index (χ1) is 8.77. The molecule has 2 heteroatoms. The van der Waals surface area contributed by atoms with Gasteiger partial charge in [-0.1, -0.05) is 51.7 Å². The van der Waals surface area contributed by atoms with E-state index in [2.05, 4.69) is 66.0 Å². The van der Waals surface area contributed by atoms with Crippen LogP contribution in [-0.4, -0.2) is 6.54 Å². The third kappa shape index (κ3) is 6.19. The number of unbranched alkanes of at least 4 members (excludes halogenated alkanes) is 3. The molecule has 0 amide bonds. The third-order valence-electron chi connectivity index (χ3n) is 3.26. The van der Waals surface area contributed by atoms with Crippen molar-refractivity contribution in [3.8, 4) is 0 Å². The molecule has 0 aliphatic carbocycles. The Morgan fingerprint density at radius 1 is 1.00 bits per heavy atom. The van der Waals surface area contributed by atoms with Crippen molar-refractivity contribution >= 4 is 22.6 Å². The second kappa shape index (κ2) is 9.79. The van der Waals surface area contributed by atoms with Crippen LogP contribution >= 0.6 is 22.6 Å². The summed E-state index contributed by atoms with van der Waals surface area (Å²) in [7, 11) is 0. The highest BCUT2D eigenvalue weighted by Crippen LogP contribution is 2.21. The van der Waals surface area contributed by atoms with Gasteiger partial charge >= 0.3 is 0 Å². The van der Waals surface area contributed by atoms with Crippen LogP contribution < -0.4 is 5.32 Å². The van der Waals surface area contributed by atoms with E-state index >= 15 is 0 Å². The van der Waals surface area contributed by atoms with Crippen molar-refractivity contribution in [2.75, 3.05) is 6.54 Å². The lowest BCUT2D eigenvalue weighted by atomic mass is 10.00. The van der Waals surface area contributed by atoms with Gasteiger partial charge in [0, 0.05) is 9.61 Å². The molecule has 0 saturated heterocycles. The molecule has 0 fully saturated rings. The van der Waals surface area contributed by atoms with Gasteiger partial charge in [-0.25, -0.2) is 0 Å². The highest BCUT2D eigenvalue weighted by molar-refractivity contribution is 14.1. The van der Waals surface area contributed by atoms with E-state index in [0.717, 1.165) is 6.54 Å². The molecule has 1 aromatic carbocycles. The molecule has 1 unspecified atom stereocenters. The molecule has 102 valence electrons. The predicted molar refractivity (Wildman–Crippen MR) is 89.0 cm³/mol. The summed E-state index contributed by atoms with van der Waals surface area (Å²) in [5.74, 6) is 0. The van der Waals surface area contributed by atoms with E-state index in [1.807, 2.05) is 0 Å². The van der Waals surface area contributed by atoms with Gasteiger partial charge in [-0.05, 0) is 59.7 Å². The minimum absolute atomic E-state index is 0.541. The summed E-state index contributed by atoms with van der Waals surface area (Å²) in [4.78, 5) is 0. The fourth-order valence-corrected chi connectivity index (χ4v) is 2.54. The molecule has 0 bridgehead atoms. The van der Waals surface area contributed by atoms with Crippen molar-refractivity contribution in [3.05, 3.63) is 33.4 Å². The number of hydrogen-bond acceptors (Lipinski definition) is 1. The minimum Gasteiger partial charge on any atom is -0.310 e. The van der Waals surface area contributed by atoms with E-state index in [4.69, 9.17) is 0 Å². The van der Waals surface area contributed by atoms with Gasteiger partial charge in [-0.2, -0.15) is 0 Å². The van der Waals surface area contributed by atoms with Gasteiger partial charge < -0.3 is 5.32 Å². The molecule has 1 nitrogen and oxygen atoms in total. The maximum atomic E-state index is 3.68. The molecule has 18 heavy (non-hydrogen) atoms. The summed E-state index contributed by atoms with van der Waals surface area (Å²) in [6, 6.07) is 9.51. The largest absolute Gasteiger partial charge is 0.310 e. The van der Waals surface area contributed by atoms with E-state index < -0.39 is 0 Å². The summed E-state index contributed by atoms with van der Waals surface area (Å²) in [5.41, 5.74) is 1.44. The van der Waals surface area contributed by atoms with Crippen LogP contribution in [0.3, 0.4) is 0 Å².